The molecule has 0 heterocycles. The standard InChI is InChI=1S/C8H20N.C5H9F3O3S/c1-5-9(6-2,7-3)8-4;6-5(7,8)3-1-2-4-12(9,10)11/h5-8H2,1-4H3;1-4H2,(H,9,10,11)/q+1;/p-1. The molecule has 0 saturated heterocycles. The van der Waals surface area contributed by atoms with Gasteiger partial charge in [-0.15, -0.1) is 0 Å². The number of rotatable bonds is 8. The topological polar surface area (TPSA) is 57.2 Å². The molecular formula is C13H28F3NO3S. The maximum Gasteiger partial charge on any atom is 0.389 e. The first-order valence-corrected chi connectivity index (χ1v) is 8.88. The molecule has 0 atom stereocenters. The van der Waals surface area contributed by atoms with Crippen LogP contribution in [0.5, 0.6) is 0 Å². The molecule has 0 aromatic rings. The van der Waals surface area contributed by atoms with Gasteiger partial charge in [-0.3, -0.25) is 0 Å². The number of unbranched alkanes of at least 4 members (excludes halogenated alkanes) is 1. The number of halogens is 3. The fourth-order valence-electron chi connectivity index (χ4n) is 1.95. The molecule has 0 aliphatic carbocycles. The number of hydrogen-bond acceptors (Lipinski definition) is 3. The molecule has 130 valence electrons. The van der Waals surface area contributed by atoms with Crippen LogP contribution in [0.3, 0.4) is 0 Å². The van der Waals surface area contributed by atoms with Crippen LogP contribution < -0.4 is 0 Å². The van der Waals surface area contributed by atoms with Crippen molar-refractivity contribution in [2.45, 2.75) is 53.1 Å². The van der Waals surface area contributed by atoms with Crippen LogP contribution in [-0.4, -0.2) is 55.6 Å². The lowest BCUT2D eigenvalue weighted by molar-refractivity contribution is -0.921. The van der Waals surface area contributed by atoms with Crippen LogP contribution in [-0.2, 0) is 10.1 Å². The molecule has 0 aliphatic rings. The van der Waals surface area contributed by atoms with Gasteiger partial charge in [0.05, 0.1) is 36.3 Å². The zero-order valence-electron chi connectivity index (χ0n) is 13.4. The third-order valence-corrected chi connectivity index (χ3v) is 4.58. The minimum atomic E-state index is -4.36. The highest BCUT2D eigenvalue weighted by molar-refractivity contribution is 7.85. The van der Waals surface area contributed by atoms with Crippen molar-refractivity contribution in [2.24, 2.45) is 0 Å². The van der Waals surface area contributed by atoms with E-state index in [4.69, 9.17) is 0 Å². The Morgan fingerprint density at radius 1 is 0.905 bits per heavy atom. The van der Waals surface area contributed by atoms with E-state index >= 15 is 0 Å². The average Bonchev–Trinajstić information content (AvgIpc) is 2.37. The van der Waals surface area contributed by atoms with Crippen LogP contribution in [0.15, 0.2) is 0 Å². The first-order chi connectivity index (χ1) is 9.45. The molecule has 0 rings (SSSR count). The molecule has 21 heavy (non-hydrogen) atoms. The molecule has 0 N–H and O–H groups in total. The van der Waals surface area contributed by atoms with E-state index in [9.17, 15) is 26.1 Å². The van der Waals surface area contributed by atoms with Gasteiger partial charge in [0.25, 0.3) is 0 Å². The van der Waals surface area contributed by atoms with Gasteiger partial charge < -0.3 is 9.04 Å². The number of hydrogen-bond donors (Lipinski definition) is 0. The Labute approximate surface area is 126 Å². The van der Waals surface area contributed by atoms with E-state index in [1.165, 1.54) is 30.7 Å². The molecule has 0 unspecified atom stereocenters. The Morgan fingerprint density at radius 3 is 1.48 bits per heavy atom. The molecule has 0 aromatic heterocycles. The summed E-state index contributed by atoms with van der Waals surface area (Å²) in [6.45, 7) is 14.2. The molecule has 4 nitrogen and oxygen atoms in total. The summed E-state index contributed by atoms with van der Waals surface area (Å²) in [6, 6.07) is 0. The van der Waals surface area contributed by atoms with Gasteiger partial charge in [-0.25, -0.2) is 8.42 Å². The van der Waals surface area contributed by atoms with E-state index < -0.39 is 28.5 Å². The predicted molar refractivity (Wildman–Crippen MR) is 76.9 cm³/mol. The molecule has 0 radical (unpaired) electrons. The summed E-state index contributed by atoms with van der Waals surface area (Å²) in [5, 5.41) is 0. The normalized spacial score (nSPS) is 12.8. The lowest BCUT2D eigenvalue weighted by atomic mass is 10.2. The summed E-state index contributed by atoms with van der Waals surface area (Å²) in [5.41, 5.74) is 0. The molecule has 0 fully saturated rings. The molecule has 0 aromatic carbocycles. The number of quaternary nitrogens is 1. The van der Waals surface area contributed by atoms with E-state index in [1.807, 2.05) is 0 Å². The van der Waals surface area contributed by atoms with Gasteiger partial charge in [0.1, 0.15) is 0 Å². The predicted octanol–water partition coefficient (Wildman–Crippen LogP) is 3.15. The summed E-state index contributed by atoms with van der Waals surface area (Å²) in [6.07, 6.45) is -5.86. The minimum Gasteiger partial charge on any atom is -0.748 e. The van der Waals surface area contributed by atoms with Crippen LogP contribution in [0.25, 0.3) is 0 Å². The van der Waals surface area contributed by atoms with Gasteiger partial charge >= 0.3 is 6.18 Å². The summed E-state index contributed by atoms with van der Waals surface area (Å²) >= 11 is 0. The molecule has 0 bridgehead atoms. The van der Waals surface area contributed by atoms with Gasteiger partial charge in [0, 0.05) is 12.2 Å². The molecule has 0 aliphatic heterocycles. The van der Waals surface area contributed by atoms with Crippen molar-refractivity contribution in [1.29, 1.82) is 0 Å². The second kappa shape index (κ2) is 10.4. The zero-order chi connectivity index (χ0) is 17.2. The lowest BCUT2D eigenvalue weighted by Gasteiger charge is -2.34. The Balaban J connectivity index is 0. The van der Waals surface area contributed by atoms with Crippen LogP contribution in [0.4, 0.5) is 13.2 Å². The summed E-state index contributed by atoms with van der Waals surface area (Å²) in [4.78, 5) is 0. The first kappa shape index (κ1) is 22.9. The molecule has 0 spiro atoms. The van der Waals surface area contributed by atoms with E-state index in [1.54, 1.807) is 0 Å². The summed E-state index contributed by atoms with van der Waals surface area (Å²) in [7, 11) is -4.36. The average molecular weight is 335 g/mol. The van der Waals surface area contributed by atoms with Crippen molar-refractivity contribution < 1.29 is 30.6 Å². The first-order valence-electron chi connectivity index (χ1n) is 7.30. The quantitative estimate of drug-likeness (QED) is 0.389. The van der Waals surface area contributed by atoms with Gasteiger partial charge in [0.2, 0.25) is 0 Å². The molecular weight excluding hydrogens is 307 g/mol. The van der Waals surface area contributed by atoms with Gasteiger partial charge in [-0.05, 0) is 40.5 Å². The summed E-state index contributed by atoms with van der Waals surface area (Å²) < 4.78 is 65.4. The van der Waals surface area contributed by atoms with Crippen LogP contribution in [0.1, 0.15) is 47.0 Å². The van der Waals surface area contributed by atoms with E-state index in [-0.39, 0.29) is 12.8 Å². The van der Waals surface area contributed by atoms with Gasteiger partial charge in [0.15, 0.2) is 0 Å². The Kier molecular flexibility index (Phi) is 11.4. The third kappa shape index (κ3) is 14.4. The maximum absolute atomic E-state index is 11.4. The maximum atomic E-state index is 11.4. The van der Waals surface area contributed by atoms with Crippen LogP contribution in [0, 0.1) is 0 Å². The number of nitrogens with zero attached hydrogens (tertiary/aromatic N) is 1. The van der Waals surface area contributed by atoms with E-state index in [0.717, 1.165) is 0 Å². The van der Waals surface area contributed by atoms with E-state index in [2.05, 4.69) is 27.7 Å². The summed E-state index contributed by atoms with van der Waals surface area (Å²) in [5.74, 6) is -0.719. The van der Waals surface area contributed by atoms with Crippen molar-refractivity contribution in [1.82, 2.24) is 0 Å². The fourth-order valence-corrected chi connectivity index (χ4v) is 2.50. The lowest BCUT2D eigenvalue weighted by Crippen LogP contribution is -2.47. The fraction of sp³-hybridized carbons (Fsp3) is 1.00. The Morgan fingerprint density at radius 2 is 1.29 bits per heavy atom. The second-order valence-electron chi connectivity index (χ2n) is 4.94. The van der Waals surface area contributed by atoms with Crippen molar-refractivity contribution >= 4 is 10.1 Å². The minimum absolute atomic E-state index is 0.231. The van der Waals surface area contributed by atoms with Crippen molar-refractivity contribution in [3.8, 4) is 0 Å². The van der Waals surface area contributed by atoms with Gasteiger partial charge in [-0.1, -0.05) is 0 Å². The smallest absolute Gasteiger partial charge is 0.389 e. The molecule has 8 heteroatoms. The van der Waals surface area contributed by atoms with Crippen molar-refractivity contribution in [3.63, 3.8) is 0 Å². The highest BCUT2D eigenvalue weighted by Crippen LogP contribution is 2.22. The van der Waals surface area contributed by atoms with E-state index in [0.29, 0.717) is 0 Å². The SMILES string of the molecule is CC[N+](CC)(CC)CC.O=S(=O)([O-])CCCCC(F)(F)F. The number of alkyl halides is 3. The monoisotopic (exact) mass is 335 g/mol. The zero-order valence-corrected chi connectivity index (χ0v) is 14.2. The van der Waals surface area contributed by atoms with Crippen LogP contribution >= 0.6 is 0 Å². The van der Waals surface area contributed by atoms with Crippen LogP contribution in [0.2, 0.25) is 0 Å². The van der Waals surface area contributed by atoms with Gasteiger partial charge in [-0.2, -0.15) is 13.2 Å². The highest BCUT2D eigenvalue weighted by atomic mass is 32.2. The van der Waals surface area contributed by atoms with Crippen molar-refractivity contribution in [2.75, 3.05) is 31.9 Å². The third-order valence-electron chi connectivity index (χ3n) is 3.79. The highest BCUT2D eigenvalue weighted by Gasteiger charge is 2.25. The Hall–Kier alpha value is -0.340. The Bertz CT molecular complexity index is 335. The molecule has 0 saturated carbocycles. The molecule has 0 amide bonds. The largest absolute Gasteiger partial charge is 0.748 e. The van der Waals surface area contributed by atoms with Crippen molar-refractivity contribution in [3.05, 3.63) is 0 Å². The second-order valence-corrected chi connectivity index (χ2v) is 6.46.